The highest BCUT2D eigenvalue weighted by Gasteiger charge is 2.39. The van der Waals surface area contributed by atoms with Crippen LogP contribution in [0.25, 0.3) is 0 Å². The SMILES string of the molecule is CCNC(=O)c1cc(N2CCC3(CC2)OCCO3)ccn1. The van der Waals surface area contributed by atoms with E-state index >= 15 is 0 Å². The van der Waals surface area contributed by atoms with E-state index in [0.717, 1.165) is 31.6 Å². The Morgan fingerprint density at radius 3 is 2.76 bits per heavy atom. The van der Waals surface area contributed by atoms with Crippen molar-refractivity contribution in [3.05, 3.63) is 24.0 Å². The van der Waals surface area contributed by atoms with Crippen LogP contribution in [0.1, 0.15) is 30.3 Å². The Morgan fingerprint density at radius 2 is 2.10 bits per heavy atom. The molecule has 2 saturated heterocycles. The van der Waals surface area contributed by atoms with Gasteiger partial charge in [-0.25, -0.2) is 0 Å². The van der Waals surface area contributed by atoms with Crippen molar-refractivity contribution in [2.24, 2.45) is 0 Å². The van der Waals surface area contributed by atoms with E-state index in [1.807, 2.05) is 19.1 Å². The van der Waals surface area contributed by atoms with Crippen LogP contribution in [0.15, 0.2) is 18.3 Å². The predicted molar refractivity (Wildman–Crippen MR) is 78.3 cm³/mol. The molecule has 1 spiro atoms. The number of hydrogen-bond acceptors (Lipinski definition) is 5. The maximum absolute atomic E-state index is 11.9. The molecule has 0 aliphatic carbocycles. The highest BCUT2D eigenvalue weighted by molar-refractivity contribution is 5.93. The first-order valence-electron chi connectivity index (χ1n) is 7.49. The molecule has 0 saturated carbocycles. The topological polar surface area (TPSA) is 63.7 Å². The van der Waals surface area contributed by atoms with E-state index in [4.69, 9.17) is 9.47 Å². The minimum atomic E-state index is -0.369. The summed E-state index contributed by atoms with van der Waals surface area (Å²) in [6.45, 7) is 5.60. The lowest BCUT2D eigenvalue weighted by Gasteiger charge is -2.38. The van der Waals surface area contributed by atoms with Crippen LogP contribution < -0.4 is 10.2 Å². The standard InChI is InChI=1S/C15H21N3O3/c1-2-16-14(19)13-11-12(3-6-17-13)18-7-4-15(5-8-18)20-9-10-21-15/h3,6,11H,2,4-5,7-10H2,1H3,(H,16,19). The molecule has 3 heterocycles. The van der Waals surface area contributed by atoms with Gasteiger partial charge in [-0.2, -0.15) is 0 Å². The molecule has 2 aliphatic heterocycles. The third-order valence-electron chi connectivity index (χ3n) is 4.02. The Kier molecular flexibility index (Phi) is 4.07. The summed E-state index contributed by atoms with van der Waals surface area (Å²) in [5.74, 6) is -0.498. The quantitative estimate of drug-likeness (QED) is 0.906. The van der Waals surface area contributed by atoms with E-state index in [2.05, 4.69) is 15.2 Å². The van der Waals surface area contributed by atoms with Crippen LogP contribution in [0.5, 0.6) is 0 Å². The van der Waals surface area contributed by atoms with Crippen molar-refractivity contribution >= 4 is 11.6 Å². The lowest BCUT2D eigenvalue weighted by Crippen LogP contribution is -2.45. The summed E-state index contributed by atoms with van der Waals surface area (Å²) in [5, 5.41) is 2.77. The van der Waals surface area contributed by atoms with Crippen LogP contribution in [-0.4, -0.2) is 49.5 Å². The molecular weight excluding hydrogens is 270 g/mol. The Morgan fingerprint density at radius 1 is 1.38 bits per heavy atom. The number of ether oxygens (including phenoxy) is 2. The summed E-state index contributed by atoms with van der Waals surface area (Å²) < 4.78 is 11.5. The Bertz CT molecular complexity index is 505. The maximum atomic E-state index is 11.9. The molecule has 1 aromatic heterocycles. The molecule has 0 bridgehead atoms. The van der Waals surface area contributed by atoms with Gasteiger partial charge in [0.05, 0.1) is 13.2 Å². The number of rotatable bonds is 3. The lowest BCUT2D eigenvalue weighted by molar-refractivity contribution is -0.169. The van der Waals surface area contributed by atoms with E-state index in [0.29, 0.717) is 25.5 Å². The van der Waals surface area contributed by atoms with Crippen molar-refractivity contribution < 1.29 is 14.3 Å². The summed E-state index contributed by atoms with van der Waals surface area (Å²) in [7, 11) is 0. The van der Waals surface area contributed by atoms with Gasteiger partial charge in [0.2, 0.25) is 0 Å². The highest BCUT2D eigenvalue weighted by atomic mass is 16.7. The maximum Gasteiger partial charge on any atom is 0.269 e. The highest BCUT2D eigenvalue weighted by Crippen LogP contribution is 2.33. The van der Waals surface area contributed by atoms with E-state index in [1.54, 1.807) is 6.20 Å². The summed E-state index contributed by atoms with van der Waals surface area (Å²) in [6, 6.07) is 3.79. The lowest BCUT2D eigenvalue weighted by atomic mass is 10.0. The van der Waals surface area contributed by atoms with Crippen LogP contribution in [-0.2, 0) is 9.47 Å². The molecule has 2 aliphatic rings. The van der Waals surface area contributed by atoms with Gasteiger partial charge in [-0.15, -0.1) is 0 Å². The zero-order valence-corrected chi connectivity index (χ0v) is 12.3. The first-order valence-corrected chi connectivity index (χ1v) is 7.49. The second kappa shape index (κ2) is 5.99. The molecule has 0 aromatic carbocycles. The number of carbonyl (C=O) groups excluding carboxylic acids is 1. The van der Waals surface area contributed by atoms with Crippen molar-refractivity contribution in [1.82, 2.24) is 10.3 Å². The monoisotopic (exact) mass is 291 g/mol. The predicted octanol–water partition coefficient (Wildman–Crippen LogP) is 1.17. The van der Waals surface area contributed by atoms with Crippen LogP contribution >= 0.6 is 0 Å². The second-order valence-corrected chi connectivity index (χ2v) is 5.35. The Labute approximate surface area is 124 Å². The third kappa shape index (κ3) is 3.01. The van der Waals surface area contributed by atoms with Gasteiger partial charge in [0.25, 0.3) is 5.91 Å². The second-order valence-electron chi connectivity index (χ2n) is 5.35. The number of aromatic nitrogens is 1. The van der Waals surface area contributed by atoms with Crippen molar-refractivity contribution in [1.29, 1.82) is 0 Å². The van der Waals surface area contributed by atoms with Crippen molar-refractivity contribution in [3.63, 3.8) is 0 Å². The van der Waals surface area contributed by atoms with Crippen LogP contribution in [0.3, 0.4) is 0 Å². The Balaban J connectivity index is 1.67. The number of carbonyl (C=O) groups is 1. The average molecular weight is 291 g/mol. The van der Waals surface area contributed by atoms with E-state index < -0.39 is 0 Å². The van der Waals surface area contributed by atoms with Gasteiger partial charge in [-0.3, -0.25) is 9.78 Å². The number of amides is 1. The first kappa shape index (κ1) is 14.3. The number of nitrogens with one attached hydrogen (secondary N) is 1. The van der Waals surface area contributed by atoms with Crippen LogP contribution in [0.2, 0.25) is 0 Å². The first-order chi connectivity index (χ1) is 10.2. The van der Waals surface area contributed by atoms with Crippen molar-refractivity contribution in [2.75, 3.05) is 37.7 Å². The molecule has 0 atom stereocenters. The Hall–Kier alpha value is -1.66. The zero-order chi connectivity index (χ0) is 14.7. The molecule has 114 valence electrons. The molecule has 1 aromatic rings. The molecule has 6 heteroatoms. The fourth-order valence-corrected chi connectivity index (χ4v) is 2.88. The normalized spacial score (nSPS) is 20.7. The fourth-order valence-electron chi connectivity index (χ4n) is 2.88. The van der Waals surface area contributed by atoms with E-state index in [1.165, 1.54) is 0 Å². The summed E-state index contributed by atoms with van der Waals surface area (Å²) in [6.07, 6.45) is 3.39. The largest absolute Gasteiger partial charge is 0.371 e. The van der Waals surface area contributed by atoms with Gasteiger partial charge >= 0.3 is 0 Å². The van der Waals surface area contributed by atoms with Crippen molar-refractivity contribution in [3.8, 4) is 0 Å². The summed E-state index contributed by atoms with van der Waals surface area (Å²) >= 11 is 0. The molecule has 2 fully saturated rings. The molecular formula is C15H21N3O3. The minimum absolute atomic E-state index is 0.129. The zero-order valence-electron chi connectivity index (χ0n) is 12.3. The third-order valence-corrected chi connectivity index (χ3v) is 4.02. The molecule has 21 heavy (non-hydrogen) atoms. The van der Waals surface area contributed by atoms with Gasteiger partial charge < -0.3 is 19.7 Å². The molecule has 0 unspecified atom stereocenters. The number of hydrogen-bond donors (Lipinski definition) is 1. The number of anilines is 1. The van der Waals surface area contributed by atoms with E-state index in [-0.39, 0.29) is 11.7 Å². The van der Waals surface area contributed by atoms with Gasteiger partial charge in [0, 0.05) is 44.4 Å². The molecule has 1 N–H and O–H groups in total. The van der Waals surface area contributed by atoms with Crippen LogP contribution in [0, 0.1) is 0 Å². The number of piperidine rings is 1. The molecule has 3 rings (SSSR count). The summed E-state index contributed by atoms with van der Waals surface area (Å²) in [4.78, 5) is 18.2. The molecule has 6 nitrogen and oxygen atoms in total. The molecule has 1 amide bonds. The average Bonchev–Trinajstić information content (AvgIpc) is 2.97. The van der Waals surface area contributed by atoms with Gasteiger partial charge in [0.15, 0.2) is 5.79 Å². The van der Waals surface area contributed by atoms with Gasteiger partial charge in [-0.1, -0.05) is 0 Å². The van der Waals surface area contributed by atoms with Gasteiger partial charge in [0.1, 0.15) is 5.69 Å². The number of nitrogens with zero attached hydrogens (tertiary/aromatic N) is 2. The summed E-state index contributed by atoms with van der Waals surface area (Å²) in [5.41, 5.74) is 1.49. The van der Waals surface area contributed by atoms with Gasteiger partial charge in [-0.05, 0) is 19.1 Å². The smallest absolute Gasteiger partial charge is 0.269 e. The van der Waals surface area contributed by atoms with Crippen molar-refractivity contribution in [2.45, 2.75) is 25.6 Å². The number of pyridine rings is 1. The fraction of sp³-hybridized carbons (Fsp3) is 0.600. The van der Waals surface area contributed by atoms with E-state index in [9.17, 15) is 4.79 Å². The minimum Gasteiger partial charge on any atom is -0.371 e. The molecule has 0 radical (unpaired) electrons. The van der Waals surface area contributed by atoms with Crippen LogP contribution in [0.4, 0.5) is 5.69 Å².